The lowest BCUT2D eigenvalue weighted by Crippen LogP contribution is -2.32. The van der Waals surface area contributed by atoms with Gasteiger partial charge in [-0.25, -0.2) is 0 Å². The number of benzene rings is 1. The van der Waals surface area contributed by atoms with E-state index in [9.17, 15) is 4.79 Å². The van der Waals surface area contributed by atoms with Gasteiger partial charge >= 0.3 is 5.97 Å². The van der Waals surface area contributed by atoms with E-state index in [-0.39, 0.29) is 6.10 Å². The summed E-state index contributed by atoms with van der Waals surface area (Å²) >= 11 is 0. The second-order valence-corrected chi connectivity index (χ2v) is 4.22. The fourth-order valence-electron chi connectivity index (χ4n) is 1.94. The first-order valence-electron chi connectivity index (χ1n) is 5.33. The zero-order valence-electron chi connectivity index (χ0n) is 9.14. The minimum atomic E-state index is -0.967. The second-order valence-electron chi connectivity index (χ2n) is 4.22. The third kappa shape index (κ3) is 2.17. The average Bonchev–Trinajstić information content (AvgIpc) is 2.57. The molecule has 0 spiro atoms. The molecule has 0 saturated carbocycles. The molecule has 86 valence electrons. The van der Waals surface area contributed by atoms with Crippen LogP contribution in [0.3, 0.4) is 0 Å². The SMILES string of the molecule is CC1Cc2cc(CC(N)C(=O)O)ccc2O1. The maximum absolute atomic E-state index is 10.6. The van der Waals surface area contributed by atoms with Crippen molar-refractivity contribution < 1.29 is 14.6 Å². The molecule has 2 atom stereocenters. The summed E-state index contributed by atoms with van der Waals surface area (Å²) < 4.78 is 5.57. The van der Waals surface area contributed by atoms with Gasteiger partial charge in [-0.05, 0) is 30.5 Å². The van der Waals surface area contributed by atoms with Gasteiger partial charge in [0.15, 0.2) is 0 Å². The third-order valence-corrected chi connectivity index (χ3v) is 2.73. The second kappa shape index (κ2) is 4.14. The highest BCUT2D eigenvalue weighted by Gasteiger charge is 2.20. The molecule has 0 aliphatic carbocycles. The third-order valence-electron chi connectivity index (χ3n) is 2.73. The van der Waals surface area contributed by atoms with Gasteiger partial charge < -0.3 is 15.6 Å². The highest BCUT2D eigenvalue weighted by molar-refractivity contribution is 5.73. The van der Waals surface area contributed by atoms with Gasteiger partial charge in [0.2, 0.25) is 0 Å². The minimum Gasteiger partial charge on any atom is -0.490 e. The average molecular weight is 221 g/mol. The lowest BCUT2D eigenvalue weighted by molar-refractivity contribution is -0.138. The molecule has 2 unspecified atom stereocenters. The van der Waals surface area contributed by atoms with Gasteiger partial charge in [0.1, 0.15) is 17.9 Å². The van der Waals surface area contributed by atoms with Crippen LogP contribution in [0.4, 0.5) is 0 Å². The van der Waals surface area contributed by atoms with Crippen LogP contribution in [0, 0.1) is 0 Å². The molecule has 4 nitrogen and oxygen atoms in total. The number of fused-ring (bicyclic) bond motifs is 1. The monoisotopic (exact) mass is 221 g/mol. The Morgan fingerprint density at radius 3 is 3.12 bits per heavy atom. The van der Waals surface area contributed by atoms with Crippen molar-refractivity contribution in [1.82, 2.24) is 0 Å². The largest absolute Gasteiger partial charge is 0.490 e. The molecule has 2 rings (SSSR count). The summed E-state index contributed by atoms with van der Waals surface area (Å²) in [6.45, 7) is 2.02. The van der Waals surface area contributed by atoms with Crippen molar-refractivity contribution in [3.05, 3.63) is 29.3 Å². The Morgan fingerprint density at radius 2 is 2.44 bits per heavy atom. The van der Waals surface area contributed by atoms with Crippen molar-refractivity contribution in [3.8, 4) is 5.75 Å². The van der Waals surface area contributed by atoms with E-state index in [1.165, 1.54) is 0 Å². The standard InChI is InChI=1S/C12H15NO3/c1-7-4-9-5-8(2-3-11(9)16-7)6-10(13)12(14)15/h2-3,5,7,10H,4,6,13H2,1H3,(H,14,15). The highest BCUT2D eigenvalue weighted by Crippen LogP contribution is 2.29. The number of aliphatic carboxylic acids is 1. The zero-order chi connectivity index (χ0) is 11.7. The molecule has 0 bridgehead atoms. The molecule has 1 aromatic rings. The van der Waals surface area contributed by atoms with Crippen molar-refractivity contribution in [2.24, 2.45) is 5.73 Å². The summed E-state index contributed by atoms with van der Waals surface area (Å²) in [4.78, 5) is 10.6. The molecule has 0 radical (unpaired) electrons. The normalized spacial score (nSPS) is 20.0. The molecule has 16 heavy (non-hydrogen) atoms. The molecule has 1 heterocycles. The molecule has 0 amide bonds. The van der Waals surface area contributed by atoms with Crippen molar-refractivity contribution in [1.29, 1.82) is 0 Å². The Labute approximate surface area is 94.0 Å². The Bertz CT molecular complexity index is 417. The first kappa shape index (κ1) is 11.0. The molecule has 4 heteroatoms. The van der Waals surface area contributed by atoms with Crippen LogP contribution in [0.25, 0.3) is 0 Å². The maximum atomic E-state index is 10.6. The Kier molecular flexibility index (Phi) is 2.83. The first-order valence-corrected chi connectivity index (χ1v) is 5.33. The van der Waals surface area contributed by atoms with Crippen LogP contribution >= 0.6 is 0 Å². The van der Waals surface area contributed by atoms with E-state index in [1.54, 1.807) is 0 Å². The van der Waals surface area contributed by atoms with E-state index in [2.05, 4.69) is 0 Å². The van der Waals surface area contributed by atoms with Gasteiger partial charge in [-0.1, -0.05) is 12.1 Å². The number of hydrogen-bond donors (Lipinski definition) is 2. The van der Waals surface area contributed by atoms with Crippen LogP contribution in [-0.2, 0) is 17.6 Å². The van der Waals surface area contributed by atoms with Gasteiger partial charge in [0, 0.05) is 6.42 Å². The van der Waals surface area contributed by atoms with Crippen LogP contribution in [-0.4, -0.2) is 23.2 Å². The summed E-state index contributed by atoms with van der Waals surface area (Å²) in [5.41, 5.74) is 7.58. The summed E-state index contributed by atoms with van der Waals surface area (Å²) in [5.74, 6) is -0.0646. The summed E-state index contributed by atoms with van der Waals surface area (Å²) in [5, 5.41) is 8.73. The van der Waals surface area contributed by atoms with Crippen molar-refractivity contribution >= 4 is 5.97 Å². The van der Waals surface area contributed by atoms with Crippen molar-refractivity contribution in [2.45, 2.75) is 31.9 Å². The lowest BCUT2D eigenvalue weighted by Gasteiger charge is -2.07. The highest BCUT2D eigenvalue weighted by atomic mass is 16.5. The summed E-state index contributed by atoms with van der Waals surface area (Å²) in [7, 11) is 0. The number of ether oxygens (including phenoxy) is 1. The van der Waals surface area contributed by atoms with E-state index in [0.29, 0.717) is 6.42 Å². The number of hydrogen-bond acceptors (Lipinski definition) is 3. The Morgan fingerprint density at radius 1 is 1.69 bits per heavy atom. The quantitative estimate of drug-likeness (QED) is 0.797. The van der Waals surface area contributed by atoms with Crippen molar-refractivity contribution in [3.63, 3.8) is 0 Å². The van der Waals surface area contributed by atoms with Crippen molar-refractivity contribution in [2.75, 3.05) is 0 Å². The van der Waals surface area contributed by atoms with Gasteiger partial charge in [-0.15, -0.1) is 0 Å². The minimum absolute atomic E-state index is 0.207. The predicted octanol–water partition coefficient (Wildman–Crippen LogP) is 0.964. The molecule has 1 aliphatic heterocycles. The summed E-state index contributed by atoms with van der Waals surface area (Å²) in [6, 6.07) is 4.92. The zero-order valence-corrected chi connectivity index (χ0v) is 9.14. The number of carboxylic acids is 1. The van der Waals surface area contributed by atoms with Gasteiger partial charge in [-0.3, -0.25) is 4.79 Å². The molecular weight excluding hydrogens is 206 g/mol. The van der Waals surface area contributed by atoms with Crippen LogP contribution < -0.4 is 10.5 Å². The van der Waals surface area contributed by atoms with Crippen LogP contribution in [0.2, 0.25) is 0 Å². The molecule has 1 aromatic carbocycles. The number of rotatable bonds is 3. The molecule has 0 aromatic heterocycles. The van der Waals surface area contributed by atoms with Gasteiger partial charge in [0.05, 0.1) is 0 Å². The maximum Gasteiger partial charge on any atom is 0.320 e. The Balaban J connectivity index is 2.13. The fraction of sp³-hybridized carbons (Fsp3) is 0.417. The molecule has 1 aliphatic rings. The van der Waals surface area contributed by atoms with E-state index >= 15 is 0 Å². The number of carbonyl (C=O) groups is 1. The van der Waals surface area contributed by atoms with E-state index in [1.807, 2.05) is 25.1 Å². The first-order chi connectivity index (χ1) is 7.56. The Hall–Kier alpha value is -1.55. The van der Waals surface area contributed by atoms with Gasteiger partial charge in [0.25, 0.3) is 0 Å². The van der Waals surface area contributed by atoms with Crippen LogP contribution in [0.5, 0.6) is 5.75 Å². The number of carboxylic acid groups (broad SMARTS) is 1. The lowest BCUT2D eigenvalue weighted by atomic mass is 10.0. The fourth-order valence-corrected chi connectivity index (χ4v) is 1.94. The topological polar surface area (TPSA) is 72.6 Å². The molecule has 3 N–H and O–H groups in total. The smallest absolute Gasteiger partial charge is 0.320 e. The molecular formula is C12H15NO3. The van der Waals surface area contributed by atoms with E-state index < -0.39 is 12.0 Å². The predicted molar refractivity (Wildman–Crippen MR) is 59.6 cm³/mol. The number of nitrogens with two attached hydrogens (primary N) is 1. The van der Waals surface area contributed by atoms with Crippen LogP contribution in [0.15, 0.2) is 18.2 Å². The van der Waals surface area contributed by atoms with Crippen LogP contribution in [0.1, 0.15) is 18.1 Å². The summed E-state index contributed by atoms with van der Waals surface area (Å²) in [6.07, 6.45) is 1.45. The van der Waals surface area contributed by atoms with E-state index in [4.69, 9.17) is 15.6 Å². The molecule has 0 fully saturated rings. The molecule has 0 saturated heterocycles. The van der Waals surface area contributed by atoms with E-state index in [0.717, 1.165) is 23.3 Å². The van der Waals surface area contributed by atoms with Gasteiger partial charge in [-0.2, -0.15) is 0 Å².